The van der Waals surface area contributed by atoms with Crippen molar-refractivity contribution in [1.82, 2.24) is 4.90 Å². The summed E-state index contributed by atoms with van der Waals surface area (Å²) in [7, 11) is 0. The Morgan fingerprint density at radius 3 is 2.52 bits per heavy atom. The summed E-state index contributed by atoms with van der Waals surface area (Å²) in [5.74, 6) is -0.464. The summed E-state index contributed by atoms with van der Waals surface area (Å²) in [6.45, 7) is 7.75. The first kappa shape index (κ1) is 17.4. The number of nitrogens with two attached hydrogens (primary N) is 1. The Bertz CT molecular complexity index is 580. The number of hydrogen-bond donors (Lipinski definition) is 2. The van der Waals surface area contributed by atoms with E-state index in [1.165, 1.54) is 0 Å². The Morgan fingerprint density at radius 1 is 1.26 bits per heavy atom. The van der Waals surface area contributed by atoms with E-state index in [9.17, 15) is 9.59 Å². The van der Waals surface area contributed by atoms with E-state index >= 15 is 0 Å². The molecule has 2 unspecified atom stereocenters. The number of carbonyl (C=O) groups is 2. The summed E-state index contributed by atoms with van der Waals surface area (Å²) < 4.78 is 5.28. The zero-order chi connectivity index (χ0) is 17.0. The van der Waals surface area contributed by atoms with Crippen LogP contribution in [-0.2, 0) is 9.53 Å². The van der Waals surface area contributed by atoms with Crippen molar-refractivity contribution in [3.63, 3.8) is 0 Å². The lowest BCUT2D eigenvalue weighted by atomic mass is 10.0. The molecule has 1 aromatic rings. The number of nitrogens with one attached hydrogen (secondary N) is 1. The van der Waals surface area contributed by atoms with Gasteiger partial charge in [0.2, 0.25) is 5.91 Å². The van der Waals surface area contributed by atoms with E-state index in [1.54, 1.807) is 36.9 Å². The molecule has 2 atom stereocenters. The molecule has 1 aliphatic heterocycles. The van der Waals surface area contributed by atoms with Gasteiger partial charge >= 0.3 is 0 Å². The predicted octanol–water partition coefficient (Wildman–Crippen LogP) is 1.39. The highest BCUT2D eigenvalue weighted by Crippen LogP contribution is 2.22. The van der Waals surface area contributed by atoms with Gasteiger partial charge in [-0.1, -0.05) is 13.0 Å². The molecular formula is C17H25N3O3. The maximum atomic E-state index is 12.6. The van der Waals surface area contributed by atoms with Crippen LogP contribution in [0.25, 0.3) is 0 Å². The molecule has 0 saturated carbocycles. The minimum Gasteiger partial charge on any atom is -0.378 e. The van der Waals surface area contributed by atoms with Crippen LogP contribution in [0.15, 0.2) is 18.2 Å². The molecule has 0 spiro atoms. The van der Waals surface area contributed by atoms with Crippen LogP contribution in [0.4, 0.5) is 5.69 Å². The smallest absolute Gasteiger partial charge is 0.254 e. The fourth-order valence-electron chi connectivity index (χ4n) is 2.42. The Morgan fingerprint density at radius 2 is 1.91 bits per heavy atom. The monoisotopic (exact) mass is 319 g/mol. The molecule has 2 amide bonds. The minimum absolute atomic E-state index is 0.0258. The first-order valence-electron chi connectivity index (χ1n) is 7.95. The van der Waals surface area contributed by atoms with Gasteiger partial charge in [-0.05, 0) is 31.5 Å². The number of ether oxygens (including phenoxy) is 1. The third kappa shape index (κ3) is 4.09. The Balaban J connectivity index is 2.17. The standard InChI is InChI=1S/C17H25N3O3/c1-11(13(3)18)16(21)19-15-6-4-5-14(12(15)2)17(22)20-7-9-23-10-8-20/h4-6,11,13H,7-10,18H2,1-3H3,(H,19,21). The van der Waals surface area contributed by atoms with Gasteiger partial charge in [-0.2, -0.15) is 0 Å². The first-order chi connectivity index (χ1) is 10.9. The van der Waals surface area contributed by atoms with Crippen molar-refractivity contribution in [2.75, 3.05) is 31.6 Å². The van der Waals surface area contributed by atoms with Gasteiger partial charge in [-0.3, -0.25) is 9.59 Å². The van der Waals surface area contributed by atoms with Crippen LogP contribution in [0.5, 0.6) is 0 Å². The van der Waals surface area contributed by atoms with Crippen LogP contribution in [0.3, 0.4) is 0 Å². The quantitative estimate of drug-likeness (QED) is 0.878. The predicted molar refractivity (Wildman–Crippen MR) is 89.3 cm³/mol. The molecule has 3 N–H and O–H groups in total. The SMILES string of the molecule is Cc1c(NC(=O)C(C)C(C)N)cccc1C(=O)N1CCOCC1. The van der Waals surface area contributed by atoms with Gasteiger partial charge in [0.05, 0.1) is 19.1 Å². The fourth-order valence-corrected chi connectivity index (χ4v) is 2.42. The molecule has 0 bridgehead atoms. The maximum absolute atomic E-state index is 12.6. The topological polar surface area (TPSA) is 84.7 Å². The number of morpholine rings is 1. The molecular weight excluding hydrogens is 294 g/mol. The summed E-state index contributed by atoms with van der Waals surface area (Å²) in [6.07, 6.45) is 0. The molecule has 1 aromatic carbocycles. The van der Waals surface area contributed by atoms with E-state index in [2.05, 4.69) is 5.32 Å². The number of hydrogen-bond acceptors (Lipinski definition) is 4. The fraction of sp³-hybridized carbons (Fsp3) is 0.529. The van der Waals surface area contributed by atoms with Crippen molar-refractivity contribution in [2.24, 2.45) is 11.7 Å². The molecule has 126 valence electrons. The molecule has 23 heavy (non-hydrogen) atoms. The third-order valence-electron chi connectivity index (χ3n) is 4.32. The van der Waals surface area contributed by atoms with Crippen molar-refractivity contribution in [3.8, 4) is 0 Å². The van der Waals surface area contributed by atoms with Crippen molar-refractivity contribution < 1.29 is 14.3 Å². The summed E-state index contributed by atoms with van der Waals surface area (Å²) in [6, 6.07) is 5.15. The van der Waals surface area contributed by atoms with Crippen LogP contribution in [0.2, 0.25) is 0 Å². The molecule has 1 fully saturated rings. The lowest BCUT2D eigenvalue weighted by molar-refractivity contribution is -0.119. The number of amides is 2. The van der Waals surface area contributed by atoms with Crippen molar-refractivity contribution in [2.45, 2.75) is 26.8 Å². The van der Waals surface area contributed by atoms with Gasteiger partial charge in [-0.25, -0.2) is 0 Å². The summed E-state index contributed by atoms with van der Waals surface area (Å²) in [4.78, 5) is 26.6. The third-order valence-corrected chi connectivity index (χ3v) is 4.32. The van der Waals surface area contributed by atoms with Gasteiger partial charge in [-0.15, -0.1) is 0 Å². The van der Waals surface area contributed by atoms with Gasteiger partial charge in [0.25, 0.3) is 5.91 Å². The number of nitrogens with zero attached hydrogens (tertiary/aromatic N) is 1. The molecule has 1 saturated heterocycles. The van der Waals surface area contributed by atoms with E-state index in [0.29, 0.717) is 37.6 Å². The van der Waals surface area contributed by atoms with E-state index in [1.807, 2.05) is 6.92 Å². The Hall–Kier alpha value is -1.92. The number of carbonyl (C=O) groups excluding carboxylic acids is 2. The largest absolute Gasteiger partial charge is 0.378 e. The molecule has 0 aliphatic carbocycles. The van der Waals surface area contributed by atoms with Gasteiger partial charge in [0.15, 0.2) is 0 Å². The van der Waals surface area contributed by atoms with Gasteiger partial charge in [0, 0.05) is 30.4 Å². The zero-order valence-electron chi connectivity index (χ0n) is 14.0. The van der Waals surface area contributed by atoms with Crippen LogP contribution >= 0.6 is 0 Å². The van der Waals surface area contributed by atoms with Crippen molar-refractivity contribution in [1.29, 1.82) is 0 Å². The lowest BCUT2D eigenvalue weighted by Gasteiger charge is -2.27. The van der Waals surface area contributed by atoms with Crippen LogP contribution in [0, 0.1) is 12.8 Å². The maximum Gasteiger partial charge on any atom is 0.254 e. The summed E-state index contributed by atoms with van der Waals surface area (Å²) in [5.41, 5.74) is 7.81. The number of anilines is 1. The molecule has 1 aliphatic rings. The highest BCUT2D eigenvalue weighted by Gasteiger charge is 2.22. The van der Waals surface area contributed by atoms with E-state index in [0.717, 1.165) is 5.56 Å². The van der Waals surface area contributed by atoms with Crippen LogP contribution < -0.4 is 11.1 Å². The molecule has 1 heterocycles. The first-order valence-corrected chi connectivity index (χ1v) is 7.95. The number of rotatable bonds is 4. The average Bonchev–Trinajstić information content (AvgIpc) is 2.56. The highest BCUT2D eigenvalue weighted by atomic mass is 16.5. The highest BCUT2D eigenvalue weighted by molar-refractivity contribution is 5.99. The Labute approximate surface area is 137 Å². The summed E-state index contributed by atoms with van der Waals surface area (Å²) in [5, 5.41) is 2.88. The van der Waals surface area contributed by atoms with Crippen molar-refractivity contribution in [3.05, 3.63) is 29.3 Å². The second-order valence-electron chi connectivity index (χ2n) is 6.02. The molecule has 0 aromatic heterocycles. The molecule has 0 radical (unpaired) electrons. The normalized spacial score (nSPS) is 17.5. The van der Waals surface area contributed by atoms with E-state index in [-0.39, 0.29) is 23.8 Å². The van der Waals surface area contributed by atoms with Crippen molar-refractivity contribution >= 4 is 17.5 Å². The van der Waals surface area contributed by atoms with Gasteiger partial charge in [0.1, 0.15) is 0 Å². The lowest BCUT2D eigenvalue weighted by Crippen LogP contribution is -2.41. The average molecular weight is 319 g/mol. The zero-order valence-corrected chi connectivity index (χ0v) is 14.0. The second-order valence-corrected chi connectivity index (χ2v) is 6.02. The van der Waals surface area contributed by atoms with Gasteiger partial charge < -0.3 is 20.7 Å². The minimum atomic E-state index is -0.298. The van der Waals surface area contributed by atoms with E-state index < -0.39 is 0 Å². The summed E-state index contributed by atoms with van der Waals surface area (Å²) >= 11 is 0. The van der Waals surface area contributed by atoms with Crippen LogP contribution in [0.1, 0.15) is 29.8 Å². The number of benzene rings is 1. The molecule has 6 nitrogen and oxygen atoms in total. The molecule has 2 rings (SSSR count). The van der Waals surface area contributed by atoms with Crippen LogP contribution in [-0.4, -0.2) is 49.1 Å². The van der Waals surface area contributed by atoms with E-state index in [4.69, 9.17) is 10.5 Å². The molecule has 6 heteroatoms. The second kappa shape index (κ2) is 7.57. The Kier molecular flexibility index (Phi) is 5.74.